The van der Waals surface area contributed by atoms with E-state index in [2.05, 4.69) is 52.1 Å². The molecule has 0 amide bonds. The minimum Gasteiger partial charge on any atom is -0.384 e. The summed E-state index contributed by atoms with van der Waals surface area (Å²) in [4.78, 5) is 4.86. The van der Waals surface area contributed by atoms with Crippen molar-refractivity contribution in [2.24, 2.45) is 0 Å². The number of aromatic nitrogens is 1. The molecule has 0 bridgehead atoms. The van der Waals surface area contributed by atoms with Crippen molar-refractivity contribution in [2.45, 2.75) is 41.0 Å². The maximum absolute atomic E-state index is 4.86. The lowest BCUT2D eigenvalue weighted by molar-refractivity contribution is 1.02. The van der Waals surface area contributed by atoms with Crippen LogP contribution in [0.4, 0.5) is 5.69 Å². The van der Waals surface area contributed by atoms with Gasteiger partial charge in [-0.25, -0.2) is 0 Å². The van der Waals surface area contributed by atoms with Gasteiger partial charge in [0.2, 0.25) is 0 Å². The molecular weight excluding hydrogens is 220 g/mol. The topological polar surface area (TPSA) is 24.9 Å². The zero-order valence-corrected chi connectivity index (χ0v) is 12.0. The van der Waals surface area contributed by atoms with Crippen LogP contribution < -0.4 is 5.32 Å². The first kappa shape index (κ1) is 12.9. The first-order valence-electron chi connectivity index (χ1n) is 6.73. The molecule has 0 aliphatic rings. The monoisotopic (exact) mass is 242 g/mol. The summed E-state index contributed by atoms with van der Waals surface area (Å²) in [5, 5.41) is 4.81. The van der Waals surface area contributed by atoms with Crippen molar-refractivity contribution >= 4 is 16.6 Å². The lowest BCUT2D eigenvalue weighted by Crippen LogP contribution is -2.05. The number of benzene rings is 1. The van der Waals surface area contributed by atoms with Crippen LogP contribution in [0.2, 0.25) is 0 Å². The quantitative estimate of drug-likeness (QED) is 0.874. The van der Waals surface area contributed by atoms with Gasteiger partial charge >= 0.3 is 0 Å². The van der Waals surface area contributed by atoms with E-state index in [0.717, 1.165) is 18.5 Å². The number of hydrogen-bond acceptors (Lipinski definition) is 2. The summed E-state index contributed by atoms with van der Waals surface area (Å²) in [6.45, 7) is 11.7. The summed E-state index contributed by atoms with van der Waals surface area (Å²) in [6.07, 6.45) is 0.980. The molecule has 0 spiro atoms. The average Bonchev–Trinajstić information content (AvgIpc) is 2.36. The Morgan fingerprint density at radius 3 is 2.33 bits per heavy atom. The van der Waals surface area contributed by atoms with Crippen LogP contribution in [-0.4, -0.2) is 11.5 Å². The van der Waals surface area contributed by atoms with Crippen LogP contribution in [0.3, 0.4) is 0 Å². The number of nitrogens with one attached hydrogen (secondary N) is 1. The van der Waals surface area contributed by atoms with Crippen LogP contribution >= 0.6 is 0 Å². The van der Waals surface area contributed by atoms with Crippen molar-refractivity contribution in [3.8, 4) is 0 Å². The fourth-order valence-corrected chi connectivity index (χ4v) is 2.55. The van der Waals surface area contributed by atoms with Crippen LogP contribution in [0, 0.1) is 20.8 Å². The van der Waals surface area contributed by atoms with Gasteiger partial charge in [0.05, 0.1) is 5.52 Å². The largest absolute Gasteiger partial charge is 0.384 e. The van der Waals surface area contributed by atoms with E-state index in [9.17, 15) is 0 Å². The third-order valence-corrected chi connectivity index (χ3v) is 3.58. The number of rotatable bonds is 3. The molecule has 2 heteroatoms. The molecule has 0 saturated heterocycles. The predicted molar refractivity (Wildman–Crippen MR) is 79.5 cm³/mol. The van der Waals surface area contributed by atoms with Gasteiger partial charge in [0, 0.05) is 23.3 Å². The van der Waals surface area contributed by atoms with Gasteiger partial charge in [-0.3, -0.25) is 4.98 Å². The van der Waals surface area contributed by atoms with Gasteiger partial charge in [0.1, 0.15) is 0 Å². The fourth-order valence-electron chi connectivity index (χ4n) is 2.55. The molecule has 1 aromatic heterocycles. The predicted octanol–water partition coefficient (Wildman–Crippen LogP) is 4.15. The van der Waals surface area contributed by atoms with Gasteiger partial charge < -0.3 is 5.32 Å². The molecule has 0 aliphatic heterocycles. The lowest BCUT2D eigenvalue weighted by atomic mass is 9.99. The molecule has 1 aromatic carbocycles. The number of aryl methyl sites for hydroxylation is 3. The minimum atomic E-state index is 0.941. The Balaban J connectivity index is 2.90. The normalized spacial score (nSPS) is 10.9. The number of anilines is 1. The standard InChI is InChI=1S/C16H22N2/c1-6-13-12(5)16(17-7-2)14-10(3)8-9-11(4)15(14)18-13/h8-9H,6-7H2,1-5H3,(H,17,18). The number of pyridine rings is 1. The van der Waals surface area contributed by atoms with E-state index in [0.29, 0.717) is 0 Å². The summed E-state index contributed by atoms with van der Waals surface area (Å²) in [5.74, 6) is 0. The molecule has 0 aliphatic carbocycles. The molecule has 2 aromatic rings. The molecule has 0 saturated carbocycles. The molecular formula is C16H22N2. The maximum atomic E-state index is 4.86. The van der Waals surface area contributed by atoms with E-state index in [1.807, 2.05) is 0 Å². The number of fused-ring (bicyclic) bond motifs is 1. The Kier molecular flexibility index (Phi) is 3.55. The van der Waals surface area contributed by atoms with Crippen molar-refractivity contribution in [3.63, 3.8) is 0 Å². The molecule has 0 radical (unpaired) electrons. The SMILES string of the molecule is CCNc1c(C)c(CC)nc2c(C)ccc(C)c12. The van der Waals surface area contributed by atoms with Crippen molar-refractivity contribution in [1.29, 1.82) is 0 Å². The van der Waals surface area contributed by atoms with Crippen LogP contribution in [-0.2, 0) is 6.42 Å². The van der Waals surface area contributed by atoms with Crippen LogP contribution in [0.1, 0.15) is 36.2 Å². The van der Waals surface area contributed by atoms with Gasteiger partial charge in [-0.2, -0.15) is 0 Å². The van der Waals surface area contributed by atoms with Gasteiger partial charge in [-0.15, -0.1) is 0 Å². The second kappa shape index (κ2) is 4.97. The summed E-state index contributed by atoms with van der Waals surface area (Å²) in [5.41, 5.74) is 7.45. The van der Waals surface area contributed by atoms with Gasteiger partial charge in [-0.1, -0.05) is 19.1 Å². The fraction of sp³-hybridized carbons (Fsp3) is 0.438. The molecule has 18 heavy (non-hydrogen) atoms. The molecule has 1 N–H and O–H groups in total. The molecule has 96 valence electrons. The Morgan fingerprint density at radius 2 is 1.72 bits per heavy atom. The molecule has 2 rings (SSSR count). The lowest BCUT2D eigenvalue weighted by Gasteiger charge is -2.17. The highest BCUT2D eigenvalue weighted by atomic mass is 14.9. The van der Waals surface area contributed by atoms with Crippen LogP contribution in [0.15, 0.2) is 12.1 Å². The Morgan fingerprint density at radius 1 is 1.06 bits per heavy atom. The second-order valence-corrected chi connectivity index (χ2v) is 4.87. The zero-order valence-electron chi connectivity index (χ0n) is 12.0. The van der Waals surface area contributed by atoms with Gasteiger partial charge in [0.15, 0.2) is 0 Å². The Labute approximate surface area is 109 Å². The second-order valence-electron chi connectivity index (χ2n) is 4.87. The minimum absolute atomic E-state index is 0.941. The van der Waals surface area contributed by atoms with E-state index in [-0.39, 0.29) is 0 Å². The third-order valence-electron chi connectivity index (χ3n) is 3.58. The van der Waals surface area contributed by atoms with Crippen molar-refractivity contribution in [1.82, 2.24) is 4.98 Å². The Bertz CT molecular complexity index is 585. The van der Waals surface area contributed by atoms with Gasteiger partial charge in [-0.05, 0) is 50.8 Å². The van der Waals surface area contributed by atoms with E-state index in [1.54, 1.807) is 0 Å². The third kappa shape index (κ3) is 1.96. The summed E-state index contributed by atoms with van der Waals surface area (Å²) in [7, 11) is 0. The molecule has 1 heterocycles. The summed E-state index contributed by atoms with van der Waals surface area (Å²) in [6, 6.07) is 4.35. The first-order chi connectivity index (χ1) is 8.60. The van der Waals surface area contributed by atoms with Crippen molar-refractivity contribution in [2.75, 3.05) is 11.9 Å². The maximum Gasteiger partial charge on any atom is 0.0758 e. The highest BCUT2D eigenvalue weighted by Crippen LogP contribution is 2.32. The summed E-state index contributed by atoms with van der Waals surface area (Å²) >= 11 is 0. The van der Waals surface area contributed by atoms with Gasteiger partial charge in [0.25, 0.3) is 0 Å². The van der Waals surface area contributed by atoms with E-state index in [1.165, 1.54) is 33.5 Å². The highest BCUT2D eigenvalue weighted by molar-refractivity contribution is 5.97. The summed E-state index contributed by atoms with van der Waals surface area (Å²) < 4.78 is 0. The smallest absolute Gasteiger partial charge is 0.0758 e. The van der Waals surface area contributed by atoms with E-state index < -0.39 is 0 Å². The molecule has 2 nitrogen and oxygen atoms in total. The first-order valence-corrected chi connectivity index (χ1v) is 6.73. The number of hydrogen-bond donors (Lipinski definition) is 1. The van der Waals surface area contributed by atoms with Crippen LogP contribution in [0.5, 0.6) is 0 Å². The molecule has 0 unspecified atom stereocenters. The Hall–Kier alpha value is -1.57. The van der Waals surface area contributed by atoms with Crippen molar-refractivity contribution < 1.29 is 0 Å². The van der Waals surface area contributed by atoms with E-state index >= 15 is 0 Å². The molecule has 0 atom stereocenters. The van der Waals surface area contributed by atoms with Crippen LogP contribution in [0.25, 0.3) is 10.9 Å². The molecule has 0 fully saturated rings. The number of nitrogens with zero attached hydrogens (tertiary/aromatic N) is 1. The highest BCUT2D eigenvalue weighted by Gasteiger charge is 2.13. The average molecular weight is 242 g/mol. The zero-order chi connectivity index (χ0) is 13.3. The van der Waals surface area contributed by atoms with Crippen molar-refractivity contribution in [3.05, 3.63) is 34.5 Å². The van der Waals surface area contributed by atoms with E-state index in [4.69, 9.17) is 4.98 Å².